The number of aromatic nitrogens is 2. The van der Waals surface area contributed by atoms with E-state index in [2.05, 4.69) is 10.3 Å². The second-order valence-electron chi connectivity index (χ2n) is 6.91. The zero-order valence-electron chi connectivity index (χ0n) is 15.7. The Morgan fingerprint density at radius 2 is 2.07 bits per heavy atom. The molecule has 1 aromatic heterocycles. The molecule has 1 aliphatic rings. The molecular weight excluding hydrogens is 420 g/mol. The number of aryl methyl sites for hydroxylation is 1. The molecule has 1 fully saturated rings. The smallest absolute Gasteiger partial charge is 0.325 e. The molecule has 0 radical (unpaired) electrons. The van der Waals surface area contributed by atoms with Crippen LogP contribution in [-0.4, -0.2) is 41.7 Å². The van der Waals surface area contributed by atoms with Gasteiger partial charge in [-0.1, -0.05) is 23.7 Å². The lowest BCUT2D eigenvalue weighted by Gasteiger charge is -2.31. The van der Waals surface area contributed by atoms with Gasteiger partial charge < -0.3 is 10.3 Å². The Kier molecular flexibility index (Phi) is 6.25. The summed E-state index contributed by atoms with van der Waals surface area (Å²) in [6.45, 7) is 1.78. The Balaban J connectivity index is 1.74. The maximum absolute atomic E-state index is 13.0. The first kappa shape index (κ1) is 21.3. The minimum absolute atomic E-state index is 0.0359. The fourth-order valence-corrected chi connectivity index (χ4v) is 5.32. The molecule has 3 rings (SSSR count). The highest BCUT2D eigenvalue weighted by Gasteiger charge is 2.35. The summed E-state index contributed by atoms with van der Waals surface area (Å²) in [5, 5.41) is 3.37. The minimum atomic E-state index is -4.16. The number of nitrogens with one attached hydrogen (secondary N) is 3. The molecule has 0 bridgehead atoms. The molecule has 1 atom stereocenters. The van der Waals surface area contributed by atoms with Crippen LogP contribution in [0.1, 0.15) is 24.1 Å². The first-order valence-electron chi connectivity index (χ1n) is 9.04. The second kappa shape index (κ2) is 8.52. The first-order chi connectivity index (χ1) is 13.7. The number of nitrogens with zero attached hydrogens (tertiary/aromatic N) is 1. The predicted octanol–water partition coefficient (Wildman–Crippen LogP) is 0.742. The third-order valence-corrected chi connectivity index (χ3v) is 7.04. The molecule has 29 heavy (non-hydrogen) atoms. The Morgan fingerprint density at radius 3 is 2.76 bits per heavy atom. The van der Waals surface area contributed by atoms with Crippen LogP contribution in [0.5, 0.6) is 0 Å². The van der Waals surface area contributed by atoms with Gasteiger partial charge in [0.2, 0.25) is 15.9 Å². The predicted molar refractivity (Wildman–Crippen MR) is 107 cm³/mol. The number of hydrogen-bond donors (Lipinski definition) is 3. The number of piperidine rings is 1. The quantitative estimate of drug-likeness (QED) is 0.630. The van der Waals surface area contributed by atoms with E-state index in [4.69, 9.17) is 11.6 Å². The van der Waals surface area contributed by atoms with Gasteiger partial charge in [-0.15, -0.1) is 0 Å². The van der Waals surface area contributed by atoms with E-state index in [1.807, 2.05) is 11.1 Å². The fourth-order valence-electron chi connectivity index (χ4n) is 3.38. The number of halogens is 1. The van der Waals surface area contributed by atoms with Crippen molar-refractivity contribution in [3.05, 3.63) is 61.4 Å². The molecule has 1 amide bonds. The summed E-state index contributed by atoms with van der Waals surface area (Å²) < 4.78 is 27.0. The van der Waals surface area contributed by atoms with Gasteiger partial charge in [-0.3, -0.25) is 14.6 Å². The van der Waals surface area contributed by atoms with Crippen molar-refractivity contribution in [2.45, 2.75) is 31.2 Å². The number of carbonyl (C=O) groups excluding carboxylic acids is 1. The second-order valence-corrected chi connectivity index (χ2v) is 9.22. The van der Waals surface area contributed by atoms with Gasteiger partial charge in [0.15, 0.2) is 4.90 Å². The van der Waals surface area contributed by atoms with Gasteiger partial charge in [0.1, 0.15) is 0 Å². The fraction of sp³-hybridized carbons (Fsp3) is 0.389. The minimum Gasteiger partial charge on any atom is -0.352 e. The normalized spacial score (nSPS) is 17.8. The zero-order chi connectivity index (χ0) is 21.2. The average molecular weight is 441 g/mol. The highest BCUT2D eigenvalue weighted by Crippen LogP contribution is 2.23. The summed E-state index contributed by atoms with van der Waals surface area (Å²) in [6.07, 6.45) is 1.02. The molecule has 1 saturated heterocycles. The molecule has 156 valence electrons. The summed E-state index contributed by atoms with van der Waals surface area (Å²) in [5.74, 6) is -0.808. The maximum atomic E-state index is 13.0. The molecule has 2 heterocycles. The van der Waals surface area contributed by atoms with Crippen molar-refractivity contribution in [2.24, 2.45) is 5.92 Å². The van der Waals surface area contributed by atoms with Crippen molar-refractivity contribution >= 4 is 27.5 Å². The zero-order valence-corrected chi connectivity index (χ0v) is 17.3. The van der Waals surface area contributed by atoms with Gasteiger partial charge in [-0.05, 0) is 37.5 Å². The van der Waals surface area contributed by atoms with E-state index in [9.17, 15) is 22.8 Å². The van der Waals surface area contributed by atoms with Crippen LogP contribution in [0, 0.1) is 12.8 Å². The lowest BCUT2D eigenvalue weighted by molar-refractivity contribution is -0.126. The molecule has 1 aliphatic heterocycles. The largest absolute Gasteiger partial charge is 0.352 e. The maximum Gasteiger partial charge on any atom is 0.325 e. The number of amides is 1. The molecule has 11 heteroatoms. The highest BCUT2D eigenvalue weighted by atomic mass is 35.5. The molecular formula is C18H21ClN4O5S. The third-order valence-electron chi connectivity index (χ3n) is 4.78. The van der Waals surface area contributed by atoms with E-state index in [1.54, 1.807) is 18.2 Å². The van der Waals surface area contributed by atoms with E-state index < -0.39 is 32.1 Å². The number of carbonyl (C=O) groups is 1. The Labute approximate surface area is 172 Å². The van der Waals surface area contributed by atoms with Crippen molar-refractivity contribution in [2.75, 3.05) is 13.1 Å². The van der Waals surface area contributed by atoms with Crippen molar-refractivity contribution in [3.8, 4) is 0 Å². The topological polar surface area (TPSA) is 132 Å². The van der Waals surface area contributed by atoms with Crippen molar-refractivity contribution in [1.82, 2.24) is 19.6 Å². The average Bonchev–Trinajstić information content (AvgIpc) is 2.65. The van der Waals surface area contributed by atoms with Crippen molar-refractivity contribution < 1.29 is 13.2 Å². The van der Waals surface area contributed by atoms with Crippen LogP contribution in [0.2, 0.25) is 5.02 Å². The van der Waals surface area contributed by atoms with Crippen LogP contribution >= 0.6 is 11.6 Å². The van der Waals surface area contributed by atoms with E-state index in [0.29, 0.717) is 17.9 Å². The molecule has 0 unspecified atom stereocenters. The number of rotatable bonds is 5. The van der Waals surface area contributed by atoms with Gasteiger partial charge in [0.25, 0.3) is 5.56 Å². The number of benzene rings is 1. The molecule has 3 N–H and O–H groups in total. The van der Waals surface area contributed by atoms with Crippen LogP contribution in [-0.2, 0) is 21.4 Å². The van der Waals surface area contributed by atoms with Gasteiger partial charge in [-0.25, -0.2) is 13.2 Å². The van der Waals surface area contributed by atoms with Crippen LogP contribution in [0.3, 0.4) is 0 Å². The molecule has 9 nitrogen and oxygen atoms in total. The SMILES string of the molecule is Cc1[nH]c(=O)[nH]c(=O)c1S(=O)(=O)N1CCC[C@@H](C(=O)NCc2cccc(Cl)c2)C1. The molecule has 0 aliphatic carbocycles. The van der Waals surface area contributed by atoms with E-state index in [1.165, 1.54) is 6.92 Å². The van der Waals surface area contributed by atoms with Gasteiger partial charge in [0, 0.05) is 30.4 Å². The van der Waals surface area contributed by atoms with Crippen LogP contribution in [0.25, 0.3) is 0 Å². The lowest BCUT2D eigenvalue weighted by Crippen LogP contribution is -2.46. The molecule has 1 aromatic carbocycles. The van der Waals surface area contributed by atoms with Gasteiger partial charge in [0.05, 0.1) is 5.92 Å². The summed E-state index contributed by atoms with van der Waals surface area (Å²) in [6, 6.07) is 7.08. The third kappa shape index (κ3) is 4.77. The molecule has 2 aromatic rings. The molecule has 0 spiro atoms. The highest BCUT2D eigenvalue weighted by molar-refractivity contribution is 7.89. The summed E-state index contributed by atoms with van der Waals surface area (Å²) in [7, 11) is -4.16. The Bertz CT molecular complexity index is 1140. The number of aromatic amines is 2. The van der Waals surface area contributed by atoms with Crippen LogP contribution < -0.4 is 16.6 Å². The first-order valence-corrected chi connectivity index (χ1v) is 10.9. The van der Waals surface area contributed by atoms with Crippen LogP contribution in [0.15, 0.2) is 38.8 Å². The summed E-state index contributed by atoms with van der Waals surface area (Å²) in [4.78, 5) is 39.7. The monoisotopic (exact) mass is 440 g/mol. The molecule has 0 saturated carbocycles. The van der Waals surface area contributed by atoms with E-state index >= 15 is 0 Å². The summed E-state index contributed by atoms with van der Waals surface area (Å²) in [5.41, 5.74) is -0.949. The van der Waals surface area contributed by atoms with Gasteiger partial charge >= 0.3 is 5.69 Å². The van der Waals surface area contributed by atoms with E-state index in [-0.39, 0.29) is 31.2 Å². The number of sulfonamides is 1. The van der Waals surface area contributed by atoms with Crippen LogP contribution in [0.4, 0.5) is 0 Å². The number of H-pyrrole nitrogens is 2. The van der Waals surface area contributed by atoms with E-state index in [0.717, 1.165) is 9.87 Å². The van der Waals surface area contributed by atoms with Crippen molar-refractivity contribution in [1.29, 1.82) is 0 Å². The Morgan fingerprint density at radius 1 is 1.31 bits per heavy atom. The van der Waals surface area contributed by atoms with Crippen molar-refractivity contribution in [3.63, 3.8) is 0 Å². The number of hydrogen-bond acceptors (Lipinski definition) is 5. The lowest BCUT2D eigenvalue weighted by atomic mass is 9.99. The van der Waals surface area contributed by atoms with Gasteiger partial charge in [-0.2, -0.15) is 4.31 Å². The Hall–Kier alpha value is -2.43. The standard InChI is InChI=1S/C18H21ClN4O5S/c1-11-15(17(25)22-18(26)21-11)29(27,28)23-7-3-5-13(10-23)16(24)20-9-12-4-2-6-14(19)8-12/h2,4,6,8,13H,3,5,7,9-10H2,1H3,(H,20,24)(H2,21,22,25,26)/t13-/m1/s1. The summed E-state index contributed by atoms with van der Waals surface area (Å²) >= 11 is 5.94.